The predicted octanol–water partition coefficient (Wildman–Crippen LogP) is 2.03. The summed E-state index contributed by atoms with van der Waals surface area (Å²) in [5.74, 6) is -0.440. The first kappa shape index (κ1) is 14.8. The van der Waals surface area contributed by atoms with Crippen LogP contribution in [0.5, 0.6) is 0 Å². The number of nitrogens with one attached hydrogen (secondary N) is 1. The van der Waals surface area contributed by atoms with Crippen molar-refractivity contribution in [2.45, 2.75) is 26.3 Å². The summed E-state index contributed by atoms with van der Waals surface area (Å²) in [5, 5.41) is 7.60. The van der Waals surface area contributed by atoms with Crippen LogP contribution in [0.15, 0.2) is 18.2 Å². The summed E-state index contributed by atoms with van der Waals surface area (Å²) >= 11 is 0. The van der Waals surface area contributed by atoms with Crippen molar-refractivity contribution in [1.82, 2.24) is 4.90 Å². The Labute approximate surface area is 119 Å². The molecule has 1 aromatic rings. The van der Waals surface area contributed by atoms with E-state index in [0.717, 1.165) is 31.9 Å². The van der Waals surface area contributed by atoms with Crippen LogP contribution in [0.2, 0.25) is 0 Å². The lowest BCUT2D eigenvalue weighted by molar-refractivity contribution is 0.128. The van der Waals surface area contributed by atoms with Gasteiger partial charge in [-0.05, 0) is 39.0 Å². The molecule has 1 aliphatic rings. The number of nitrogen functional groups attached to an aromatic ring is 1. The molecule has 5 heteroatoms. The van der Waals surface area contributed by atoms with Crippen LogP contribution in [0.4, 0.5) is 10.1 Å². The van der Waals surface area contributed by atoms with Crippen LogP contribution in [-0.4, -0.2) is 42.5 Å². The Hall–Kier alpha value is -1.62. The Morgan fingerprint density at radius 2 is 1.80 bits per heavy atom. The van der Waals surface area contributed by atoms with Gasteiger partial charge in [-0.3, -0.25) is 10.3 Å². The van der Waals surface area contributed by atoms with Gasteiger partial charge in [0.05, 0.1) is 0 Å². The van der Waals surface area contributed by atoms with Crippen LogP contribution in [-0.2, 0) is 0 Å². The Morgan fingerprint density at radius 1 is 1.20 bits per heavy atom. The summed E-state index contributed by atoms with van der Waals surface area (Å²) in [4.78, 5) is 4.61. The fourth-order valence-electron chi connectivity index (χ4n) is 2.62. The SMILES string of the molecule is CC(C)(C)N1CCN(c2ccc(F)cc2C(=N)N)CC1. The third-order valence-electron chi connectivity index (χ3n) is 3.82. The average Bonchev–Trinajstić information content (AvgIpc) is 2.37. The summed E-state index contributed by atoms with van der Waals surface area (Å²) in [6.07, 6.45) is 0. The second kappa shape index (κ2) is 5.40. The highest BCUT2D eigenvalue weighted by Gasteiger charge is 2.26. The van der Waals surface area contributed by atoms with Gasteiger partial charge in [0.15, 0.2) is 0 Å². The van der Waals surface area contributed by atoms with Gasteiger partial charge in [-0.2, -0.15) is 0 Å². The molecule has 1 heterocycles. The van der Waals surface area contributed by atoms with Gasteiger partial charge in [-0.1, -0.05) is 0 Å². The molecule has 0 amide bonds. The van der Waals surface area contributed by atoms with Gasteiger partial charge in [-0.15, -0.1) is 0 Å². The molecule has 0 bridgehead atoms. The van der Waals surface area contributed by atoms with Crippen molar-refractivity contribution in [2.75, 3.05) is 31.1 Å². The maximum absolute atomic E-state index is 13.3. The third-order valence-corrected chi connectivity index (χ3v) is 3.82. The van der Waals surface area contributed by atoms with E-state index < -0.39 is 0 Å². The minimum Gasteiger partial charge on any atom is -0.384 e. The van der Waals surface area contributed by atoms with Crippen molar-refractivity contribution in [2.24, 2.45) is 5.73 Å². The standard InChI is InChI=1S/C15H23FN4/c1-15(2,3)20-8-6-19(7-9-20)13-5-4-11(16)10-12(13)14(17)18/h4-5,10H,6-9H2,1-3H3,(H3,17,18). The molecular weight excluding hydrogens is 255 g/mol. The van der Waals surface area contributed by atoms with Crippen LogP contribution in [0.1, 0.15) is 26.3 Å². The number of anilines is 1. The lowest BCUT2D eigenvalue weighted by atomic mass is 10.0. The average molecular weight is 278 g/mol. The van der Waals surface area contributed by atoms with Crippen molar-refractivity contribution in [1.29, 1.82) is 5.41 Å². The van der Waals surface area contributed by atoms with Gasteiger partial charge >= 0.3 is 0 Å². The number of benzene rings is 1. The molecule has 110 valence electrons. The Kier molecular flexibility index (Phi) is 3.99. The number of rotatable bonds is 2. The van der Waals surface area contributed by atoms with E-state index in [1.54, 1.807) is 6.07 Å². The molecule has 3 N–H and O–H groups in total. The van der Waals surface area contributed by atoms with Gasteiger partial charge in [0, 0.05) is 43.0 Å². The number of piperazine rings is 1. The third kappa shape index (κ3) is 3.10. The molecule has 0 unspecified atom stereocenters. The largest absolute Gasteiger partial charge is 0.384 e. The van der Waals surface area contributed by atoms with E-state index >= 15 is 0 Å². The molecule has 0 atom stereocenters. The zero-order chi connectivity index (χ0) is 14.9. The minimum absolute atomic E-state index is 0.0854. The van der Waals surface area contributed by atoms with Gasteiger partial charge < -0.3 is 10.6 Å². The van der Waals surface area contributed by atoms with E-state index in [9.17, 15) is 4.39 Å². The molecule has 2 rings (SSSR count). The summed E-state index contributed by atoms with van der Waals surface area (Å²) in [6, 6.07) is 4.49. The highest BCUT2D eigenvalue weighted by atomic mass is 19.1. The Bertz CT molecular complexity index is 499. The molecule has 0 radical (unpaired) electrons. The smallest absolute Gasteiger partial charge is 0.125 e. The number of halogens is 1. The molecule has 0 aliphatic carbocycles. The quantitative estimate of drug-likeness (QED) is 0.643. The summed E-state index contributed by atoms with van der Waals surface area (Å²) in [6.45, 7) is 10.3. The van der Waals surface area contributed by atoms with Crippen molar-refractivity contribution in [3.05, 3.63) is 29.6 Å². The van der Waals surface area contributed by atoms with Gasteiger partial charge in [0.2, 0.25) is 0 Å². The fraction of sp³-hybridized carbons (Fsp3) is 0.533. The molecule has 1 aromatic carbocycles. The first-order valence-corrected chi connectivity index (χ1v) is 6.93. The van der Waals surface area contributed by atoms with E-state index in [1.807, 2.05) is 0 Å². The highest BCUT2D eigenvalue weighted by molar-refractivity contribution is 6.00. The number of nitrogens with zero attached hydrogens (tertiary/aromatic N) is 2. The highest BCUT2D eigenvalue weighted by Crippen LogP contribution is 2.24. The molecule has 0 spiro atoms. The van der Waals surface area contributed by atoms with E-state index in [2.05, 4.69) is 30.6 Å². The van der Waals surface area contributed by atoms with Gasteiger partial charge in [0.1, 0.15) is 11.7 Å². The van der Waals surface area contributed by atoms with Crippen molar-refractivity contribution in [3.63, 3.8) is 0 Å². The second-order valence-electron chi connectivity index (χ2n) is 6.22. The molecule has 0 aromatic heterocycles. The zero-order valence-electron chi connectivity index (χ0n) is 12.4. The summed E-state index contributed by atoms with van der Waals surface area (Å²) in [5.41, 5.74) is 7.07. The van der Waals surface area contributed by atoms with Crippen molar-refractivity contribution >= 4 is 11.5 Å². The van der Waals surface area contributed by atoms with E-state index in [-0.39, 0.29) is 17.2 Å². The molecule has 20 heavy (non-hydrogen) atoms. The number of hydrogen-bond acceptors (Lipinski definition) is 3. The summed E-state index contributed by atoms with van der Waals surface area (Å²) in [7, 11) is 0. The van der Waals surface area contributed by atoms with Crippen LogP contribution in [0.3, 0.4) is 0 Å². The lowest BCUT2D eigenvalue weighted by Gasteiger charge is -2.43. The molecule has 0 saturated carbocycles. The Morgan fingerprint density at radius 3 is 2.30 bits per heavy atom. The lowest BCUT2D eigenvalue weighted by Crippen LogP contribution is -2.53. The Balaban J connectivity index is 2.17. The maximum Gasteiger partial charge on any atom is 0.125 e. The maximum atomic E-state index is 13.3. The number of nitrogens with two attached hydrogens (primary N) is 1. The topological polar surface area (TPSA) is 56.4 Å². The van der Waals surface area contributed by atoms with E-state index in [0.29, 0.717) is 5.56 Å². The van der Waals surface area contributed by atoms with Crippen LogP contribution in [0.25, 0.3) is 0 Å². The molecule has 1 saturated heterocycles. The number of hydrogen-bond donors (Lipinski definition) is 2. The predicted molar refractivity (Wildman–Crippen MR) is 81.0 cm³/mol. The second-order valence-corrected chi connectivity index (χ2v) is 6.22. The molecule has 1 fully saturated rings. The summed E-state index contributed by atoms with van der Waals surface area (Å²) < 4.78 is 13.3. The molecule has 1 aliphatic heterocycles. The number of amidine groups is 1. The fourth-order valence-corrected chi connectivity index (χ4v) is 2.62. The van der Waals surface area contributed by atoms with E-state index in [1.165, 1.54) is 12.1 Å². The first-order valence-electron chi connectivity index (χ1n) is 6.93. The van der Waals surface area contributed by atoms with Crippen LogP contribution in [0, 0.1) is 11.2 Å². The van der Waals surface area contributed by atoms with Crippen molar-refractivity contribution < 1.29 is 4.39 Å². The van der Waals surface area contributed by atoms with Gasteiger partial charge in [-0.25, -0.2) is 4.39 Å². The molecular formula is C15H23FN4. The monoisotopic (exact) mass is 278 g/mol. The zero-order valence-corrected chi connectivity index (χ0v) is 12.4. The van der Waals surface area contributed by atoms with E-state index in [4.69, 9.17) is 11.1 Å². The first-order chi connectivity index (χ1) is 9.29. The molecule has 4 nitrogen and oxygen atoms in total. The normalized spacial score (nSPS) is 17.3. The minimum atomic E-state index is -0.354. The van der Waals surface area contributed by atoms with Gasteiger partial charge in [0.25, 0.3) is 0 Å². The van der Waals surface area contributed by atoms with Crippen LogP contribution >= 0.6 is 0 Å². The van der Waals surface area contributed by atoms with Crippen molar-refractivity contribution in [3.8, 4) is 0 Å². The van der Waals surface area contributed by atoms with Crippen LogP contribution < -0.4 is 10.6 Å².